The quantitative estimate of drug-likeness (QED) is 0.680. The van der Waals surface area contributed by atoms with E-state index in [0.717, 1.165) is 0 Å². The van der Waals surface area contributed by atoms with E-state index in [0.29, 0.717) is 5.67 Å². The van der Waals surface area contributed by atoms with Crippen molar-refractivity contribution < 1.29 is 0 Å². The molecule has 0 aliphatic rings. The second-order valence-electron chi connectivity index (χ2n) is 5.03. The molecule has 0 aliphatic heterocycles. The van der Waals surface area contributed by atoms with Gasteiger partial charge in [-0.2, -0.15) is 0 Å². The van der Waals surface area contributed by atoms with Crippen LogP contribution >= 0.6 is 0 Å². The minimum absolute atomic E-state index is 0.713. The Morgan fingerprint density at radius 2 is 2.07 bits per heavy atom. The van der Waals surface area contributed by atoms with Gasteiger partial charge in [-0.15, -0.1) is 0 Å². The molecule has 1 aromatic rings. The van der Waals surface area contributed by atoms with E-state index < -0.39 is 8.07 Å². The highest BCUT2D eigenvalue weighted by molar-refractivity contribution is 6.76. The number of nitrogens with zero attached hydrogens (tertiary/aromatic N) is 2. The van der Waals surface area contributed by atoms with E-state index in [1.807, 2.05) is 12.5 Å². The smallest absolute Gasteiger partial charge is 0.0945 e. The molecule has 1 heterocycles. The summed E-state index contributed by atoms with van der Waals surface area (Å²) in [6.45, 7) is 9.57. The molecule has 0 saturated heterocycles. The molecule has 2 nitrogen and oxygen atoms in total. The van der Waals surface area contributed by atoms with Crippen molar-refractivity contribution in [2.24, 2.45) is 0 Å². The maximum Gasteiger partial charge on any atom is 0.0945 e. The Kier molecular flexibility index (Phi) is 3.93. The van der Waals surface area contributed by atoms with E-state index in [-0.39, 0.29) is 0 Å². The fourth-order valence-electron chi connectivity index (χ4n) is 1.88. The summed E-state index contributed by atoms with van der Waals surface area (Å²) >= 11 is 0. The van der Waals surface area contributed by atoms with Gasteiger partial charge in [-0.05, 0) is 6.42 Å². The first kappa shape index (κ1) is 11.5. The largest absolute Gasteiger partial charge is 0.337 e. The van der Waals surface area contributed by atoms with Crippen LogP contribution in [0.15, 0.2) is 18.7 Å². The monoisotopic (exact) mass is 210 g/mol. The van der Waals surface area contributed by atoms with Crippen LogP contribution in [0.5, 0.6) is 0 Å². The molecule has 0 bridgehead atoms. The standard InChI is InChI=1S/C11H22N2Si/c1-5-6-7-11(14(2,3)4)13-9-8-12-10-13/h8-11H,5-7H2,1-4H3. The molecule has 80 valence electrons. The molecular weight excluding hydrogens is 188 g/mol. The Hall–Kier alpha value is -0.573. The van der Waals surface area contributed by atoms with Crippen molar-refractivity contribution in [2.45, 2.75) is 51.5 Å². The maximum atomic E-state index is 4.15. The molecule has 0 spiro atoms. The highest BCUT2D eigenvalue weighted by atomic mass is 28.3. The van der Waals surface area contributed by atoms with Crippen LogP contribution in [-0.4, -0.2) is 17.6 Å². The average Bonchev–Trinajstić information content (AvgIpc) is 2.55. The first-order chi connectivity index (χ1) is 6.55. The summed E-state index contributed by atoms with van der Waals surface area (Å²) in [5, 5.41) is 0. The van der Waals surface area contributed by atoms with Crippen LogP contribution < -0.4 is 0 Å². The van der Waals surface area contributed by atoms with Gasteiger partial charge < -0.3 is 4.57 Å². The summed E-state index contributed by atoms with van der Waals surface area (Å²) in [7, 11) is -1.11. The maximum absolute atomic E-state index is 4.15. The van der Waals surface area contributed by atoms with E-state index in [4.69, 9.17) is 0 Å². The number of imidazole rings is 1. The summed E-state index contributed by atoms with van der Waals surface area (Å²) < 4.78 is 2.31. The Bertz CT molecular complexity index is 249. The molecule has 0 radical (unpaired) electrons. The van der Waals surface area contributed by atoms with E-state index in [9.17, 15) is 0 Å². The van der Waals surface area contributed by atoms with Crippen LogP contribution in [0.3, 0.4) is 0 Å². The Morgan fingerprint density at radius 1 is 1.36 bits per heavy atom. The van der Waals surface area contributed by atoms with Gasteiger partial charge >= 0.3 is 0 Å². The topological polar surface area (TPSA) is 17.8 Å². The zero-order chi connectivity index (χ0) is 10.6. The minimum Gasteiger partial charge on any atom is -0.337 e. The van der Waals surface area contributed by atoms with Gasteiger partial charge in [-0.25, -0.2) is 4.98 Å². The normalized spacial score (nSPS) is 14.3. The molecule has 0 aliphatic carbocycles. The molecule has 1 atom stereocenters. The van der Waals surface area contributed by atoms with Crippen LogP contribution in [0, 0.1) is 0 Å². The number of aromatic nitrogens is 2. The molecule has 0 N–H and O–H groups in total. The Labute approximate surface area is 88.4 Å². The van der Waals surface area contributed by atoms with Crippen LogP contribution in [-0.2, 0) is 0 Å². The average molecular weight is 210 g/mol. The lowest BCUT2D eigenvalue weighted by Crippen LogP contribution is -2.34. The molecule has 1 rings (SSSR count). The lowest BCUT2D eigenvalue weighted by molar-refractivity contribution is 0.557. The van der Waals surface area contributed by atoms with Crippen molar-refractivity contribution in [3.8, 4) is 0 Å². The first-order valence-corrected chi connectivity index (χ1v) is 9.11. The van der Waals surface area contributed by atoms with Gasteiger partial charge in [0.05, 0.1) is 14.4 Å². The second-order valence-corrected chi connectivity index (χ2v) is 10.4. The minimum atomic E-state index is -1.11. The zero-order valence-corrected chi connectivity index (χ0v) is 10.8. The Morgan fingerprint density at radius 3 is 2.50 bits per heavy atom. The summed E-state index contributed by atoms with van der Waals surface area (Å²) in [4.78, 5) is 4.15. The molecule has 1 aromatic heterocycles. The Balaban J connectivity index is 2.73. The van der Waals surface area contributed by atoms with Gasteiger partial charge in [0.2, 0.25) is 0 Å². The third kappa shape index (κ3) is 2.98. The van der Waals surface area contributed by atoms with E-state index in [1.165, 1.54) is 19.3 Å². The molecule has 0 aromatic carbocycles. The van der Waals surface area contributed by atoms with E-state index >= 15 is 0 Å². The number of unbranched alkanes of at least 4 members (excludes halogenated alkanes) is 1. The van der Waals surface area contributed by atoms with Crippen LogP contribution in [0.1, 0.15) is 31.9 Å². The van der Waals surface area contributed by atoms with Gasteiger partial charge in [0.25, 0.3) is 0 Å². The highest BCUT2D eigenvalue weighted by Gasteiger charge is 2.27. The van der Waals surface area contributed by atoms with Crippen molar-refractivity contribution in [1.29, 1.82) is 0 Å². The van der Waals surface area contributed by atoms with Crippen LogP contribution in [0.25, 0.3) is 0 Å². The summed E-state index contributed by atoms with van der Waals surface area (Å²) in [6.07, 6.45) is 9.89. The molecule has 14 heavy (non-hydrogen) atoms. The predicted molar refractivity (Wildman–Crippen MR) is 64.1 cm³/mol. The second kappa shape index (κ2) is 4.78. The summed E-state index contributed by atoms with van der Waals surface area (Å²) in [6, 6.07) is 0. The molecule has 3 heteroatoms. The SMILES string of the molecule is CCCCC(n1ccnc1)[Si](C)(C)C. The summed E-state index contributed by atoms with van der Waals surface area (Å²) in [5.41, 5.74) is 0.713. The van der Waals surface area contributed by atoms with E-state index in [2.05, 4.69) is 42.3 Å². The van der Waals surface area contributed by atoms with Gasteiger partial charge in [-0.3, -0.25) is 0 Å². The molecule has 1 unspecified atom stereocenters. The molecule has 0 saturated carbocycles. The third-order valence-corrected chi connectivity index (χ3v) is 5.30. The van der Waals surface area contributed by atoms with Crippen molar-refractivity contribution in [3.05, 3.63) is 18.7 Å². The molecular formula is C11H22N2Si. The van der Waals surface area contributed by atoms with Crippen molar-refractivity contribution in [3.63, 3.8) is 0 Å². The lowest BCUT2D eigenvalue weighted by Gasteiger charge is -2.30. The molecule has 0 fully saturated rings. The number of hydrogen-bond acceptors (Lipinski definition) is 1. The highest BCUT2D eigenvalue weighted by Crippen LogP contribution is 2.26. The van der Waals surface area contributed by atoms with Crippen molar-refractivity contribution >= 4 is 8.07 Å². The van der Waals surface area contributed by atoms with Gasteiger partial charge in [-0.1, -0.05) is 39.4 Å². The van der Waals surface area contributed by atoms with E-state index in [1.54, 1.807) is 0 Å². The van der Waals surface area contributed by atoms with Gasteiger partial charge in [0.15, 0.2) is 0 Å². The number of rotatable bonds is 5. The molecule has 0 amide bonds. The van der Waals surface area contributed by atoms with Crippen LogP contribution in [0.2, 0.25) is 19.6 Å². The summed E-state index contributed by atoms with van der Waals surface area (Å²) in [5.74, 6) is 0. The van der Waals surface area contributed by atoms with Crippen LogP contribution in [0.4, 0.5) is 0 Å². The van der Waals surface area contributed by atoms with Gasteiger partial charge in [0.1, 0.15) is 0 Å². The lowest BCUT2D eigenvalue weighted by atomic mass is 10.2. The zero-order valence-electron chi connectivity index (χ0n) is 9.83. The van der Waals surface area contributed by atoms with Crippen molar-refractivity contribution in [1.82, 2.24) is 9.55 Å². The van der Waals surface area contributed by atoms with Crippen molar-refractivity contribution in [2.75, 3.05) is 0 Å². The predicted octanol–water partition coefficient (Wildman–Crippen LogP) is 3.49. The fourth-order valence-corrected chi connectivity index (χ4v) is 4.00. The number of hydrogen-bond donors (Lipinski definition) is 0. The van der Waals surface area contributed by atoms with Gasteiger partial charge in [0, 0.05) is 18.1 Å². The fraction of sp³-hybridized carbons (Fsp3) is 0.727. The first-order valence-electron chi connectivity index (χ1n) is 5.53. The third-order valence-electron chi connectivity index (χ3n) is 2.72.